The first kappa shape index (κ1) is 23.1. The molecule has 1 fully saturated rings. The third kappa shape index (κ3) is 4.84. The van der Waals surface area contributed by atoms with Crippen molar-refractivity contribution in [3.05, 3.63) is 39.3 Å². The van der Waals surface area contributed by atoms with Crippen LogP contribution in [-0.4, -0.2) is 53.8 Å². The monoisotopic (exact) mass is 494 g/mol. The molecule has 11 heteroatoms. The van der Waals surface area contributed by atoms with Gasteiger partial charge >= 0.3 is 0 Å². The SMILES string of the molecule is COc1cc(Cl)c(S(=O)(=O)Nc2ccc(Cl)c(OC3CCN(C)C3)c2)c(Cl)c1OC. The summed E-state index contributed by atoms with van der Waals surface area (Å²) in [7, 11) is 0.601. The number of sulfonamides is 1. The van der Waals surface area contributed by atoms with Crippen LogP contribution >= 0.6 is 34.8 Å². The second kappa shape index (κ2) is 9.28. The second-order valence-corrected chi connectivity index (χ2v) is 9.59. The minimum atomic E-state index is -4.15. The topological polar surface area (TPSA) is 77.1 Å². The molecule has 0 bridgehead atoms. The fraction of sp³-hybridized carbons (Fsp3) is 0.368. The van der Waals surface area contributed by atoms with Crippen molar-refractivity contribution in [2.45, 2.75) is 17.4 Å². The van der Waals surface area contributed by atoms with E-state index in [2.05, 4.69) is 9.62 Å². The maximum atomic E-state index is 13.0. The summed E-state index contributed by atoms with van der Waals surface area (Å²) in [4.78, 5) is 1.82. The van der Waals surface area contributed by atoms with Crippen LogP contribution in [0.3, 0.4) is 0 Å². The zero-order valence-corrected chi connectivity index (χ0v) is 19.6. The van der Waals surface area contributed by atoms with Gasteiger partial charge in [0.15, 0.2) is 11.5 Å². The van der Waals surface area contributed by atoms with Crippen molar-refractivity contribution >= 4 is 50.5 Å². The van der Waals surface area contributed by atoms with Crippen LogP contribution < -0.4 is 18.9 Å². The Labute approximate surface area is 190 Å². The van der Waals surface area contributed by atoms with Crippen molar-refractivity contribution in [2.24, 2.45) is 0 Å². The lowest BCUT2D eigenvalue weighted by atomic mass is 10.3. The van der Waals surface area contributed by atoms with Crippen molar-refractivity contribution in [1.82, 2.24) is 4.90 Å². The summed E-state index contributed by atoms with van der Waals surface area (Å²) in [5, 5.41) is 0.0908. The Morgan fingerprint density at radius 2 is 1.80 bits per heavy atom. The summed E-state index contributed by atoms with van der Waals surface area (Å²) >= 11 is 18.7. The molecule has 2 aromatic carbocycles. The van der Waals surface area contributed by atoms with Crippen LogP contribution in [0.25, 0.3) is 0 Å². The molecule has 3 rings (SSSR count). The van der Waals surface area contributed by atoms with Crippen molar-refractivity contribution in [3.63, 3.8) is 0 Å². The summed E-state index contributed by atoms with van der Waals surface area (Å²) in [6.07, 6.45) is 0.841. The van der Waals surface area contributed by atoms with Crippen LogP contribution in [0.2, 0.25) is 15.1 Å². The largest absolute Gasteiger partial charge is 0.493 e. The maximum Gasteiger partial charge on any atom is 0.265 e. The number of ether oxygens (including phenoxy) is 3. The zero-order valence-electron chi connectivity index (χ0n) is 16.5. The van der Waals surface area contributed by atoms with Crippen molar-refractivity contribution in [3.8, 4) is 17.2 Å². The van der Waals surface area contributed by atoms with Gasteiger partial charge in [0.2, 0.25) is 0 Å². The van der Waals surface area contributed by atoms with Crippen LogP contribution in [0.15, 0.2) is 29.2 Å². The molecule has 7 nitrogen and oxygen atoms in total. The first-order valence-electron chi connectivity index (χ1n) is 8.93. The molecule has 0 spiro atoms. The van der Waals surface area contributed by atoms with E-state index in [9.17, 15) is 8.42 Å². The normalized spacial score (nSPS) is 17.1. The van der Waals surface area contributed by atoms with Gasteiger partial charge < -0.3 is 19.1 Å². The molecule has 164 valence electrons. The first-order valence-corrected chi connectivity index (χ1v) is 11.6. The summed E-state index contributed by atoms with van der Waals surface area (Å²) in [5.41, 5.74) is 0.252. The van der Waals surface area contributed by atoms with E-state index in [-0.39, 0.29) is 38.2 Å². The summed E-state index contributed by atoms with van der Waals surface area (Å²) in [6.45, 7) is 1.69. The number of nitrogens with zero attached hydrogens (tertiary/aromatic N) is 1. The molecule has 0 amide bonds. The Bertz CT molecular complexity index is 1050. The molecule has 1 aliphatic rings. The number of methoxy groups -OCH3 is 2. The number of hydrogen-bond donors (Lipinski definition) is 1. The Kier molecular flexibility index (Phi) is 7.14. The molecular formula is C19H21Cl3N2O5S. The Balaban J connectivity index is 1.92. The van der Waals surface area contributed by atoms with Gasteiger partial charge in [0.25, 0.3) is 10.0 Å². The Morgan fingerprint density at radius 1 is 1.07 bits per heavy atom. The van der Waals surface area contributed by atoms with Gasteiger partial charge in [-0.05, 0) is 25.6 Å². The van der Waals surface area contributed by atoms with Crippen LogP contribution in [-0.2, 0) is 10.0 Å². The Hall–Kier alpha value is -1.58. The van der Waals surface area contributed by atoms with Crippen LogP contribution in [0.5, 0.6) is 17.2 Å². The fourth-order valence-electron chi connectivity index (χ4n) is 3.18. The third-order valence-corrected chi connectivity index (χ3v) is 7.28. The highest BCUT2D eigenvalue weighted by molar-refractivity contribution is 7.93. The van der Waals surface area contributed by atoms with E-state index in [1.165, 1.54) is 32.4 Å². The second-order valence-electron chi connectivity index (χ2n) is 6.78. The molecule has 1 N–H and O–H groups in total. The maximum absolute atomic E-state index is 13.0. The molecule has 1 saturated heterocycles. The average Bonchev–Trinajstić information content (AvgIpc) is 3.08. The number of likely N-dealkylation sites (tertiary alicyclic amines) is 1. The van der Waals surface area contributed by atoms with E-state index in [1.807, 2.05) is 7.05 Å². The molecule has 0 radical (unpaired) electrons. The lowest BCUT2D eigenvalue weighted by Crippen LogP contribution is -2.21. The predicted octanol–water partition coefficient (Wildman–Crippen LogP) is 4.55. The lowest BCUT2D eigenvalue weighted by molar-refractivity contribution is 0.208. The molecule has 0 aliphatic carbocycles. The van der Waals surface area contributed by atoms with Crippen molar-refractivity contribution < 1.29 is 22.6 Å². The number of rotatable bonds is 7. The molecule has 30 heavy (non-hydrogen) atoms. The highest BCUT2D eigenvalue weighted by Crippen LogP contribution is 2.44. The molecule has 1 unspecified atom stereocenters. The van der Waals surface area contributed by atoms with Gasteiger partial charge in [-0.2, -0.15) is 0 Å². The van der Waals surface area contributed by atoms with Gasteiger partial charge in [-0.25, -0.2) is 8.42 Å². The number of likely N-dealkylation sites (N-methyl/N-ethyl adjacent to an activating group) is 1. The highest BCUT2D eigenvalue weighted by Gasteiger charge is 2.28. The predicted molar refractivity (Wildman–Crippen MR) is 118 cm³/mol. The molecule has 2 aromatic rings. The average molecular weight is 496 g/mol. The molecule has 1 atom stereocenters. The van der Waals surface area contributed by atoms with Gasteiger partial charge in [-0.1, -0.05) is 34.8 Å². The summed E-state index contributed by atoms with van der Waals surface area (Å²) < 4.78 is 44.8. The zero-order chi connectivity index (χ0) is 22.1. The van der Waals surface area contributed by atoms with Crippen molar-refractivity contribution in [1.29, 1.82) is 0 Å². The number of nitrogens with one attached hydrogen (secondary N) is 1. The van der Waals surface area contributed by atoms with E-state index in [4.69, 9.17) is 49.0 Å². The summed E-state index contributed by atoms with van der Waals surface area (Å²) in [5.74, 6) is 0.672. The Morgan fingerprint density at radius 3 is 2.40 bits per heavy atom. The number of benzene rings is 2. The van der Waals surface area contributed by atoms with Gasteiger partial charge in [0.1, 0.15) is 21.8 Å². The van der Waals surface area contributed by atoms with E-state index in [0.717, 1.165) is 19.5 Å². The van der Waals surface area contributed by atoms with Gasteiger partial charge in [-0.15, -0.1) is 0 Å². The minimum Gasteiger partial charge on any atom is -0.493 e. The number of anilines is 1. The van der Waals surface area contributed by atoms with Gasteiger partial charge in [-0.3, -0.25) is 4.72 Å². The van der Waals surface area contributed by atoms with Gasteiger partial charge in [0, 0.05) is 25.2 Å². The van der Waals surface area contributed by atoms with Crippen LogP contribution in [0, 0.1) is 0 Å². The fourth-order valence-corrected chi connectivity index (χ4v) is 5.65. The number of halogens is 3. The molecule has 1 heterocycles. The van der Waals surface area contributed by atoms with Gasteiger partial charge in [0.05, 0.1) is 30.0 Å². The van der Waals surface area contributed by atoms with Crippen molar-refractivity contribution in [2.75, 3.05) is 39.1 Å². The summed E-state index contributed by atoms with van der Waals surface area (Å²) in [6, 6.07) is 5.94. The van der Waals surface area contributed by atoms with Crippen LogP contribution in [0.1, 0.15) is 6.42 Å². The third-order valence-electron chi connectivity index (χ3n) is 4.62. The van der Waals surface area contributed by atoms with E-state index in [0.29, 0.717) is 10.8 Å². The highest BCUT2D eigenvalue weighted by atomic mass is 35.5. The number of hydrogen-bond acceptors (Lipinski definition) is 6. The van der Waals surface area contributed by atoms with E-state index in [1.54, 1.807) is 6.07 Å². The first-order chi connectivity index (χ1) is 14.2. The molecular weight excluding hydrogens is 475 g/mol. The molecule has 0 aromatic heterocycles. The smallest absolute Gasteiger partial charge is 0.265 e. The van der Waals surface area contributed by atoms with E-state index >= 15 is 0 Å². The minimum absolute atomic E-state index is 0.0194. The lowest BCUT2D eigenvalue weighted by Gasteiger charge is -2.18. The quantitative estimate of drug-likeness (QED) is 0.607. The molecule has 1 aliphatic heterocycles. The molecule has 0 saturated carbocycles. The van der Waals surface area contributed by atoms with Crippen LogP contribution in [0.4, 0.5) is 5.69 Å². The standard InChI is InChI=1S/C19H21Cl3N2O5S/c1-24-7-6-12(10-24)29-15-8-11(4-5-13(15)20)23-30(25,26)19-14(21)9-16(27-2)18(28-3)17(19)22/h4-5,8-9,12,23H,6-7,10H2,1-3H3. The van der Waals surface area contributed by atoms with E-state index < -0.39 is 10.0 Å².